The highest BCUT2D eigenvalue weighted by Crippen LogP contribution is 2.28. The zero-order chi connectivity index (χ0) is 22.5. The quantitative estimate of drug-likeness (QED) is 0.310. The number of carboxylic acids is 1. The molecule has 0 spiro atoms. The van der Waals surface area contributed by atoms with Gasteiger partial charge >= 0.3 is 5.97 Å². The summed E-state index contributed by atoms with van der Waals surface area (Å²) in [5.41, 5.74) is 5.26. The molecular formula is C25H21ClN2O4. The minimum atomic E-state index is -1.03. The number of para-hydroxylation sites is 1. The van der Waals surface area contributed by atoms with E-state index in [2.05, 4.69) is 5.48 Å². The number of hydrogen-bond donors (Lipinski definition) is 2. The molecule has 0 aliphatic heterocycles. The largest absolute Gasteiger partial charge is 0.478 e. The summed E-state index contributed by atoms with van der Waals surface area (Å²) in [4.78, 5) is 17.2. The van der Waals surface area contributed by atoms with Crippen LogP contribution in [0.2, 0.25) is 5.02 Å². The zero-order valence-electron chi connectivity index (χ0n) is 17.3. The lowest BCUT2D eigenvalue weighted by Gasteiger charge is -2.13. The molecule has 0 amide bonds. The summed E-state index contributed by atoms with van der Waals surface area (Å²) in [7, 11) is 0. The smallest absolute Gasteiger partial charge is 0.337 e. The normalized spacial score (nSPS) is 11.5. The van der Waals surface area contributed by atoms with Crippen molar-refractivity contribution in [2.75, 3.05) is 6.61 Å². The Kier molecular flexibility index (Phi) is 6.44. The molecule has 0 bridgehead atoms. The van der Waals surface area contributed by atoms with Crippen molar-refractivity contribution in [1.82, 2.24) is 10.0 Å². The first-order valence-electron chi connectivity index (χ1n) is 10.0. The third-order valence-electron chi connectivity index (χ3n) is 4.74. The fraction of sp³-hybridized carbons (Fsp3) is 0.0800. The third-order valence-corrected chi connectivity index (χ3v) is 4.98. The summed E-state index contributed by atoms with van der Waals surface area (Å²) in [5, 5.41) is 10.6. The molecule has 1 heterocycles. The number of halogens is 1. The number of rotatable bonds is 8. The van der Waals surface area contributed by atoms with Crippen LogP contribution in [0, 0.1) is 0 Å². The number of hydrogen-bond acceptors (Lipinski definition) is 4. The molecule has 0 aliphatic carbocycles. The van der Waals surface area contributed by atoms with Gasteiger partial charge in [-0.25, -0.2) is 4.79 Å². The van der Waals surface area contributed by atoms with Gasteiger partial charge in [0.15, 0.2) is 0 Å². The molecule has 32 heavy (non-hydrogen) atoms. The topological polar surface area (TPSA) is 72.7 Å². The maximum Gasteiger partial charge on any atom is 0.337 e. The maximum atomic E-state index is 11.8. The number of carboxylic acid groups (broad SMARTS) is 1. The highest BCUT2D eigenvalue weighted by molar-refractivity contribution is 6.31. The Hall–Kier alpha value is -3.74. The number of aromatic nitrogens is 1. The van der Waals surface area contributed by atoms with Crippen LogP contribution in [0.3, 0.4) is 0 Å². The Bertz CT molecular complexity index is 1280. The number of nitrogens with one attached hydrogen (secondary N) is 1. The van der Waals surface area contributed by atoms with Crippen LogP contribution in [-0.2, 0) is 4.84 Å². The molecule has 4 rings (SSSR count). The maximum absolute atomic E-state index is 11.8. The number of aromatic carboxylic acids is 1. The van der Waals surface area contributed by atoms with Gasteiger partial charge in [-0.1, -0.05) is 41.9 Å². The van der Waals surface area contributed by atoms with E-state index in [0.717, 1.165) is 11.3 Å². The minimum Gasteiger partial charge on any atom is -0.478 e. The molecule has 0 radical (unpaired) electrons. The lowest BCUT2D eigenvalue weighted by Crippen LogP contribution is -2.13. The van der Waals surface area contributed by atoms with Crippen molar-refractivity contribution in [2.24, 2.45) is 0 Å². The van der Waals surface area contributed by atoms with Crippen LogP contribution in [0.4, 0.5) is 0 Å². The molecular weight excluding hydrogens is 428 g/mol. The summed E-state index contributed by atoms with van der Waals surface area (Å²) in [6.45, 7) is 2.31. The Morgan fingerprint density at radius 3 is 2.59 bits per heavy atom. The van der Waals surface area contributed by atoms with Gasteiger partial charge in [0, 0.05) is 28.4 Å². The summed E-state index contributed by atoms with van der Waals surface area (Å²) in [6, 6.07) is 22.2. The molecule has 0 fully saturated rings. The van der Waals surface area contributed by atoms with Crippen LogP contribution in [0.5, 0.6) is 11.5 Å². The number of carbonyl (C=O) groups is 1. The van der Waals surface area contributed by atoms with Crippen molar-refractivity contribution < 1.29 is 19.5 Å². The van der Waals surface area contributed by atoms with Crippen LogP contribution < -0.4 is 10.2 Å². The highest BCUT2D eigenvalue weighted by Gasteiger charge is 2.15. The molecule has 7 heteroatoms. The lowest BCUT2D eigenvalue weighted by molar-refractivity contribution is 0.0699. The minimum absolute atomic E-state index is 0.163. The number of nitrogens with zero attached hydrogens (tertiary/aromatic N) is 1. The standard InChI is InChI=1S/C25H21ClN2O4/c1-2-31-27-23(17-7-6-10-20(13-17)32-19-8-4-3-5-9-19)16-28-15-22(25(29)30)21-14-18(26)11-12-24(21)28/h3-16,27H,2H2,1H3,(H,29,30). The molecule has 0 unspecified atom stereocenters. The first-order chi connectivity index (χ1) is 15.5. The van der Waals surface area contributed by atoms with E-state index in [-0.39, 0.29) is 5.56 Å². The van der Waals surface area contributed by atoms with Crippen LogP contribution in [0.25, 0.3) is 22.8 Å². The first kappa shape index (κ1) is 21.5. The molecule has 6 nitrogen and oxygen atoms in total. The van der Waals surface area contributed by atoms with E-state index >= 15 is 0 Å². The van der Waals surface area contributed by atoms with Crippen molar-refractivity contribution in [1.29, 1.82) is 0 Å². The summed E-state index contributed by atoms with van der Waals surface area (Å²) in [6.07, 6.45) is 3.33. The van der Waals surface area contributed by atoms with Gasteiger partial charge in [-0.05, 0) is 49.4 Å². The van der Waals surface area contributed by atoms with Crippen LogP contribution in [0.1, 0.15) is 22.8 Å². The van der Waals surface area contributed by atoms with Gasteiger partial charge in [-0.2, -0.15) is 0 Å². The average molecular weight is 449 g/mol. The number of fused-ring (bicyclic) bond motifs is 1. The summed E-state index contributed by atoms with van der Waals surface area (Å²) in [5.74, 6) is 0.364. The molecule has 0 atom stereocenters. The Morgan fingerprint density at radius 1 is 1.06 bits per heavy atom. The van der Waals surface area contributed by atoms with Crippen molar-refractivity contribution in [3.8, 4) is 11.5 Å². The van der Waals surface area contributed by atoms with E-state index < -0.39 is 5.97 Å². The second-order valence-electron chi connectivity index (χ2n) is 6.94. The number of hydroxylamine groups is 1. The first-order valence-corrected chi connectivity index (χ1v) is 10.4. The molecule has 162 valence electrons. The van der Waals surface area contributed by atoms with E-state index in [1.165, 1.54) is 0 Å². The van der Waals surface area contributed by atoms with Crippen LogP contribution in [-0.4, -0.2) is 22.2 Å². The molecule has 0 saturated carbocycles. The summed E-state index contributed by atoms with van der Waals surface area (Å²) < 4.78 is 7.69. The van der Waals surface area contributed by atoms with Crippen molar-refractivity contribution >= 4 is 40.4 Å². The van der Waals surface area contributed by atoms with Crippen LogP contribution >= 0.6 is 11.6 Å². The average Bonchev–Trinajstić information content (AvgIpc) is 3.15. The molecule has 0 saturated heterocycles. The fourth-order valence-electron chi connectivity index (χ4n) is 3.31. The van der Waals surface area contributed by atoms with Gasteiger partial charge in [-0.3, -0.25) is 10.3 Å². The monoisotopic (exact) mass is 448 g/mol. The van der Waals surface area contributed by atoms with Gasteiger partial charge in [0.1, 0.15) is 11.5 Å². The van der Waals surface area contributed by atoms with Gasteiger partial charge in [0.05, 0.1) is 23.4 Å². The van der Waals surface area contributed by atoms with Crippen LogP contribution in [0.15, 0.2) is 79.0 Å². The van der Waals surface area contributed by atoms with E-state index in [1.807, 2.05) is 61.5 Å². The molecule has 2 N–H and O–H groups in total. The Balaban J connectivity index is 1.77. The van der Waals surface area contributed by atoms with Gasteiger partial charge in [0.2, 0.25) is 0 Å². The van der Waals surface area contributed by atoms with E-state index in [1.54, 1.807) is 35.2 Å². The lowest BCUT2D eigenvalue weighted by atomic mass is 10.1. The second kappa shape index (κ2) is 9.60. The second-order valence-corrected chi connectivity index (χ2v) is 7.37. The van der Waals surface area contributed by atoms with Gasteiger partial charge < -0.3 is 14.4 Å². The van der Waals surface area contributed by atoms with E-state index in [4.69, 9.17) is 21.2 Å². The summed E-state index contributed by atoms with van der Waals surface area (Å²) >= 11 is 6.09. The SMILES string of the molecule is CCONC(=Cn1cc(C(=O)O)c2cc(Cl)ccc21)c1cccc(Oc2ccccc2)c1. The molecule has 1 aromatic heterocycles. The van der Waals surface area contributed by atoms with Crippen molar-refractivity contribution in [3.63, 3.8) is 0 Å². The van der Waals surface area contributed by atoms with Gasteiger partial charge in [-0.15, -0.1) is 0 Å². The Labute approximate surface area is 190 Å². The zero-order valence-corrected chi connectivity index (χ0v) is 18.0. The molecule has 4 aromatic rings. The fourth-order valence-corrected chi connectivity index (χ4v) is 3.48. The Morgan fingerprint density at radius 2 is 1.84 bits per heavy atom. The van der Waals surface area contributed by atoms with E-state index in [0.29, 0.717) is 34.0 Å². The molecule has 3 aromatic carbocycles. The third kappa shape index (κ3) is 4.77. The number of benzene rings is 3. The van der Waals surface area contributed by atoms with Crippen molar-refractivity contribution in [3.05, 3.63) is 95.1 Å². The van der Waals surface area contributed by atoms with Gasteiger partial charge in [0.25, 0.3) is 0 Å². The molecule has 0 aliphatic rings. The predicted octanol–water partition coefficient (Wildman–Crippen LogP) is 6.28. The highest BCUT2D eigenvalue weighted by atomic mass is 35.5. The predicted molar refractivity (Wildman–Crippen MR) is 126 cm³/mol. The number of ether oxygens (including phenoxy) is 1. The van der Waals surface area contributed by atoms with Crippen molar-refractivity contribution in [2.45, 2.75) is 6.92 Å². The van der Waals surface area contributed by atoms with E-state index in [9.17, 15) is 9.90 Å².